The molecule has 30 heavy (non-hydrogen) atoms. The molecule has 0 aliphatic carbocycles. The first-order chi connectivity index (χ1) is 14.5. The number of carbonyl (C=O) groups is 1. The minimum absolute atomic E-state index is 0.129. The summed E-state index contributed by atoms with van der Waals surface area (Å²) in [7, 11) is 3.02. The molecule has 2 aromatic carbocycles. The molecule has 0 spiro atoms. The van der Waals surface area contributed by atoms with Crippen molar-refractivity contribution in [3.63, 3.8) is 0 Å². The van der Waals surface area contributed by atoms with Crippen LogP contribution < -0.4 is 14.8 Å². The minimum Gasteiger partial charge on any atom is -0.493 e. The third-order valence-electron chi connectivity index (χ3n) is 4.51. The van der Waals surface area contributed by atoms with Crippen LogP contribution in [0.4, 0.5) is 10.1 Å². The van der Waals surface area contributed by atoms with E-state index in [-0.39, 0.29) is 18.1 Å². The lowest BCUT2D eigenvalue weighted by Gasteiger charge is -2.12. The van der Waals surface area contributed by atoms with Gasteiger partial charge in [0.05, 0.1) is 37.0 Å². The molecule has 2 heterocycles. The van der Waals surface area contributed by atoms with E-state index in [0.717, 1.165) is 16.2 Å². The number of anilines is 1. The molecule has 1 amide bonds. The van der Waals surface area contributed by atoms with E-state index >= 15 is 0 Å². The number of aromatic nitrogens is 2. The summed E-state index contributed by atoms with van der Waals surface area (Å²) < 4.78 is 25.5. The van der Waals surface area contributed by atoms with Gasteiger partial charge in [0, 0.05) is 35.0 Å². The highest BCUT2D eigenvalue weighted by molar-refractivity contribution is 7.15. The van der Waals surface area contributed by atoms with Gasteiger partial charge in [-0.05, 0) is 24.3 Å². The molecule has 9 heteroatoms. The lowest BCUT2D eigenvalue weighted by atomic mass is 10.2. The lowest BCUT2D eigenvalue weighted by molar-refractivity contribution is -0.115. The number of rotatable bonds is 6. The number of nitrogens with one attached hydrogen (secondary N) is 1. The van der Waals surface area contributed by atoms with Crippen LogP contribution in [0.1, 0.15) is 5.69 Å². The van der Waals surface area contributed by atoms with E-state index in [2.05, 4.69) is 10.3 Å². The van der Waals surface area contributed by atoms with E-state index in [1.54, 1.807) is 24.3 Å². The molecule has 0 saturated carbocycles. The molecule has 0 bridgehead atoms. The van der Waals surface area contributed by atoms with Crippen LogP contribution in [-0.4, -0.2) is 29.5 Å². The van der Waals surface area contributed by atoms with Crippen molar-refractivity contribution in [3.05, 3.63) is 64.5 Å². The van der Waals surface area contributed by atoms with E-state index < -0.39 is 0 Å². The summed E-state index contributed by atoms with van der Waals surface area (Å²) in [6.07, 6.45) is 1.97. The average Bonchev–Trinajstić information content (AvgIpc) is 3.31. The van der Waals surface area contributed by atoms with Gasteiger partial charge in [-0.1, -0.05) is 11.6 Å². The highest BCUT2D eigenvalue weighted by Gasteiger charge is 2.15. The van der Waals surface area contributed by atoms with Crippen LogP contribution in [0.3, 0.4) is 0 Å². The summed E-state index contributed by atoms with van der Waals surface area (Å²) in [5, 5.41) is 5.03. The van der Waals surface area contributed by atoms with Gasteiger partial charge in [-0.3, -0.25) is 9.20 Å². The first-order valence-electron chi connectivity index (χ1n) is 8.91. The number of thiazole rings is 1. The number of hydrogen-bond donors (Lipinski definition) is 1. The summed E-state index contributed by atoms with van der Waals surface area (Å²) in [6, 6.07) is 9.34. The molecule has 154 valence electrons. The third-order valence-corrected chi connectivity index (χ3v) is 5.71. The second kappa shape index (κ2) is 8.33. The van der Waals surface area contributed by atoms with Gasteiger partial charge in [0.15, 0.2) is 16.5 Å². The normalized spacial score (nSPS) is 10.9. The number of ether oxygens (including phenoxy) is 2. The fraction of sp³-hybridized carbons (Fsp3) is 0.143. The Bertz CT molecular complexity index is 1220. The molecule has 0 unspecified atom stereocenters. The van der Waals surface area contributed by atoms with Crippen LogP contribution in [0.5, 0.6) is 11.5 Å². The van der Waals surface area contributed by atoms with E-state index in [1.165, 1.54) is 37.7 Å². The molecule has 0 atom stereocenters. The van der Waals surface area contributed by atoms with E-state index in [0.29, 0.717) is 27.9 Å². The quantitative estimate of drug-likeness (QED) is 0.451. The van der Waals surface area contributed by atoms with Gasteiger partial charge in [-0.15, -0.1) is 11.3 Å². The summed E-state index contributed by atoms with van der Waals surface area (Å²) in [4.78, 5) is 17.9. The van der Waals surface area contributed by atoms with Crippen molar-refractivity contribution >= 4 is 39.5 Å². The maximum atomic E-state index is 13.2. The molecule has 4 aromatic rings. The Hall–Kier alpha value is -3.10. The Balaban J connectivity index is 1.54. The van der Waals surface area contributed by atoms with Gasteiger partial charge in [0.1, 0.15) is 5.82 Å². The number of amides is 1. The van der Waals surface area contributed by atoms with Crippen molar-refractivity contribution in [2.24, 2.45) is 0 Å². The Kier molecular flexibility index (Phi) is 5.61. The molecule has 0 radical (unpaired) electrons. The van der Waals surface area contributed by atoms with Crippen LogP contribution in [0.2, 0.25) is 5.02 Å². The van der Waals surface area contributed by atoms with Gasteiger partial charge in [-0.25, -0.2) is 9.37 Å². The highest BCUT2D eigenvalue weighted by Crippen LogP contribution is 2.36. The van der Waals surface area contributed by atoms with Crippen LogP contribution >= 0.6 is 22.9 Å². The van der Waals surface area contributed by atoms with Crippen molar-refractivity contribution in [1.29, 1.82) is 0 Å². The maximum Gasteiger partial charge on any atom is 0.230 e. The summed E-state index contributed by atoms with van der Waals surface area (Å²) >= 11 is 7.68. The zero-order valence-corrected chi connectivity index (χ0v) is 17.7. The standard InChI is InChI=1S/C21H17ClFN3O3S/c1-28-18-8-15(22)16(9-19(18)29-2)24-20(27)7-14-11-30-21-25-17(10-26(14)21)12-3-5-13(23)6-4-12/h3-6,8-11H,7H2,1-2H3,(H,24,27). The van der Waals surface area contributed by atoms with E-state index in [9.17, 15) is 9.18 Å². The molecular weight excluding hydrogens is 429 g/mol. The largest absolute Gasteiger partial charge is 0.493 e. The Labute approximate surface area is 180 Å². The molecule has 0 aliphatic heterocycles. The number of carbonyl (C=O) groups excluding carboxylic acids is 1. The fourth-order valence-corrected chi connectivity index (χ4v) is 4.10. The third kappa shape index (κ3) is 3.96. The van der Waals surface area contributed by atoms with Crippen LogP contribution in [0.15, 0.2) is 48.0 Å². The first kappa shape index (κ1) is 20.2. The van der Waals surface area contributed by atoms with Crippen molar-refractivity contribution in [2.75, 3.05) is 19.5 Å². The highest BCUT2D eigenvalue weighted by atomic mass is 35.5. The molecule has 0 saturated heterocycles. The maximum absolute atomic E-state index is 13.2. The smallest absolute Gasteiger partial charge is 0.230 e. The molecule has 0 fully saturated rings. The van der Waals surface area contributed by atoms with Gasteiger partial charge in [-0.2, -0.15) is 0 Å². The summed E-state index contributed by atoms with van der Waals surface area (Å²) in [5.41, 5.74) is 2.74. The average molecular weight is 446 g/mol. The zero-order valence-electron chi connectivity index (χ0n) is 16.1. The number of hydrogen-bond acceptors (Lipinski definition) is 5. The second-order valence-corrected chi connectivity index (χ2v) is 7.67. The minimum atomic E-state index is -0.300. The predicted octanol–water partition coefficient (Wildman–Crippen LogP) is 5.05. The number of benzene rings is 2. The Morgan fingerprint density at radius 1 is 1.20 bits per heavy atom. The second-order valence-electron chi connectivity index (χ2n) is 6.42. The lowest BCUT2D eigenvalue weighted by Crippen LogP contribution is -2.15. The molecule has 1 N–H and O–H groups in total. The van der Waals surface area contributed by atoms with Crippen molar-refractivity contribution in [1.82, 2.24) is 9.38 Å². The molecule has 6 nitrogen and oxygen atoms in total. The van der Waals surface area contributed by atoms with E-state index in [1.807, 2.05) is 16.0 Å². The molecule has 0 aliphatic rings. The molecule has 4 rings (SSSR count). The topological polar surface area (TPSA) is 64.9 Å². The van der Waals surface area contributed by atoms with Crippen LogP contribution in [0.25, 0.3) is 16.2 Å². The number of imidazole rings is 1. The van der Waals surface area contributed by atoms with Crippen molar-refractivity contribution < 1.29 is 18.7 Å². The number of halogens is 2. The van der Waals surface area contributed by atoms with Crippen molar-refractivity contribution in [3.8, 4) is 22.8 Å². The predicted molar refractivity (Wildman–Crippen MR) is 115 cm³/mol. The number of fused-ring (bicyclic) bond motifs is 1. The van der Waals surface area contributed by atoms with Crippen molar-refractivity contribution in [2.45, 2.75) is 6.42 Å². The van der Waals surface area contributed by atoms with Gasteiger partial charge in [0.2, 0.25) is 5.91 Å². The Morgan fingerprint density at radius 3 is 2.60 bits per heavy atom. The molecule has 2 aromatic heterocycles. The SMILES string of the molecule is COc1cc(Cl)c(NC(=O)Cc2csc3nc(-c4ccc(F)cc4)cn23)cc1OC. The summed E-state index contributed by atoms with van der Waals surface area (Å²) in [6.45, 7) is 0. The Morgan fingerprint density at radius 2 is 1.90 bits per heavy atom. The fourth-order valence-electron chi connectivity index (χ4n) is 3.03. The summed E-state index contributed by atoms with van der Waals surface area (Å²) in [5.74, 6) is 0.409. The van der Waals surface area contributed by atoms with Crippen LogP contribution in [-0.2, 0) is 11.2 Å². The van der Waals surface area contributed by atoms with E-state index in [4.69, 9.17) is 21.1 Å². The number of nitrogens with zero attached hydrogens (tertiary/aromatic N) is 2. The zero-order chi connectivity index (χ0) is 21.3. The van der Waals surface area contributed by atoms with Crippen LogP contribution in [0, 0.1) is 5.82 Å². The van der Waals surface area contributed by atoms with Gasteiger partial charge in [0.25, 0.3) is 0 Å². The monoisotopic (exact) mass is 445 g/mol. The van der Waals surface area contributed by atoms with Gasteiger partial charge < -0.3 is 14.8 Å². The van der Waals surface area contributed by atoms with Gasteiger partial charge >= 0.3 is 0 Å². The first-order valence-corrected chi connectivity index (χ1v) is 10.2. The number of methoxy groups -OCH3 is 2. The molecular formula is C21H17ClFN3O3S.